The number of hydrogen-bond donors (Lipinski definition) is 1. The molecule has 1 atom stereocenters. The highest BCUT2D eigenvalue weighted by Crippen LogP contribution is 2.23. The Bertz CT molecular complexity index is 755. The Morgan fingerprint density at radius 3 is 2.52 bits per heavy atom. The van der Waals surface area contributed by atoms with Crippen LogP contribution in [0.5, 0.6) is 0 Å². The summed E-state index contributed by atoms with van der Waals surface area (Å²) in [6.07, 6.45) is 1.51. The predicted molar refractivity (Wildman–Crippen MR) is 89.8 cm³/mol. The van der Waals surface area contributed by atoms with Crippen molar-refractivity contribution in [3.8, 4) is 0 Å². The largest absolute Gasteiger partial charge is 0.243 e. The molecule has 0 spiro atoms. The van der Waals surface area contributed by atoms with Crippen LogP contribution < -0.4 is 4.72 Å². The van der Waals surface area contributed by atoms with E-state index in [4.69, 9.17) is 0 Å². The van der Waals surface area contributed by atoms with Crippen LogP contribution in [-0.2, 0) is 20.0 Å². The zero-order valence-electron chi connectivity index (χ0n) is 13.1. The molecule has 0 radical (unpaired) electrons. The molecular weight excluding hydrogens is 336 g/mol. The van der Waals surface area contributed by atoms with Crippen LogP contribution in [0.4, 0.5) is 0 Å². The van der Waals surface area contributed by atoms with Gasteiger partial charge in [-0.05, 0) is 37.8 Å². The molecule has 0 aliphatic carbocycles. The van der Waals surface area contributed by atoms with Gasteiger partial charge in [0.1, 0.15) is 0 Å². The standard InChI is InChI=1S/C15H22N2O4S2/c1-3-22(18,19)16-11-14-5-4-10-17(12-14)23(20,21)15-8-6-13(2)7-9-15/h3,6-9,14,16H,1,4-5,10-12H2,2H3/t14-/m1/s1. The van der Waals surface area contributed by atoms with E-state index >= 15 is 0 Å². The predicted octanol–water partition coefficient (Wildman–Crippen LogP) is 1.46. The highest BCUT2D eigenvalue weighted by Gasteiger charge is 2.30. The van der Waals surface area contributed by atoms with E-state index in [1.54, 1.807) is 24.3 Å². The van der Waals surface area contributed by atoms with Crippen LogP contribution in [0, 0.1) is 12.8 Å². The maximum Gasteiger partial charge on any atom is 0.243 e. The maximum absolute atomic E-state index is 12.7. The molecule has 1 aromatic carbocycles. The van der Waals surface area contributed by atoms with Gasteiger partial charge >= 0.3 is 0 Å². The number of rotatable bonds is 6. The van der Waals surface area contributed by atoms with Crippen molar-refractivity contribution in [1.29, 1.82) is 0 Å². The van der Waals surface area contributed by atoms with Crippen LogP contribution in [0.25, 0.3) is 0 Å². The van der Waals surface area contributed by atoms with E-state index in [0.29, 0.717) is 19.5 Å². The van der Waals surface area contributed by atoms with Gasteiger partial charge in [0.15, 0.2) is 0 Å². The first kappa shape index (κ1) is 18.1. The summed E-state index contributed by atoms with van der Waals surface area (Å²) in [7, 11) is -7.02. The summed E-state index contributed by atoms with van der Waals surface area (Å²) >= 11 is 0. The molecule has 0 amide bonds. The van der Waals surface area contributed by atoms with Crippen molar-refractivity contribution >= 4 is 20.0 Å². The SMILES string of the molecule is C=CS(=O)(=O)NC[C@H]1CCCN(S(=O)(=O)c2ccc(C)cc2)C1. The molecule has 1 aromatic rings. The number of nitrogens with zero attached hydrogens (tertiary/aromatic N) is 1. The van der Waals surface area contributed by atoms with Gasteiger partial charge in [-0.25, -0.2) is 21.6 Å². The van der Waals surface area contributed by atoms with Crippen molar-refractivity contribution in [3.05, 3.63) is 41.8 Å². The van der Waals surface area contributed by atoms with Crippen molar-refractivity contribution in [1.82, 2.24) is 9.03 Å². The Balaban J connectivity index is 2.08. The van der Waals surface area contributed by atoms with Crippen molar-refractivity contribution in [2.75, 3.05) is 19.6 Å². The van der Waals surface area contributed by atoms with E-state index in [0.717, 1.165) is 17.4 Å². The molecule has 0 saturated carbocycles. The molecule has 1 aliphatic heterocycles. The van der Waals surface area contributed by atoms with E-state index in [2.05, 4.69) is 11.3 Å². The molecule has 8 heteroatoms. The summed E-state index contributed by atoms with van der Waals surface area (Å²) in [5.74, 6) is -0.0429. The van der Waals surface area contributed by atoms with Crippen molar-refractivity contribution in [3.63, 3.8) is 0 Å². The second-order valence-electron chi connectivity index (χ2n) is 5.74. The van der Waals surface area contributed by atoms with Crippen molar-refractivity contribution in [2.45, 2.75) is 24.7 Å². The van der Waals surface area contributed by atoms with Gasteiger partial charge in [0, 0.05) is 25.0 Å². The van der Waals surface area contributed by atoms with Crippen LogP contribution in [0.1, 0.15) is 18.4 Å². The number of piperidine rings is 1. The van der Waals surface area contributed by atoms with Crippen LogP contribution in [0.2, 0.25) is 0 Å². The quantitative estimate of drug-likeness (QED) is 0.834. The van der Waals surface area contributed by atoms with Crippen LogP contribution >= 0.6 is 0 Å². The minimum Gasteiger partial charge on any atom is -0.211 e. The Morgan fingerprint density at radius 1 is 1.26 bits per heavy atom. The number of nitrogens with one attached hydrogen (secondary N) is 1. The molecule has 1 fully saturated rings. The number of hydrogen-bond acceptors (Lipinski definition) is 4. The van der Waals surface area contributed by atoms with Crippen molar-refractivity contribution in [2.24, 2.45) is 5.92 Å². The van der Waals surface area contributed by atoms with Gasteiger partial charge in [-0.2, -0.15) is 4.31 Å². The fraction of sp³-hybridized carbons (Fsp3) is 0.467. The zero-order valence-corrected chi connectivity index (χ0v) is 14.7. The molecule has 1 saturated heterocycles. The van der Waals surface area contributed by atoms with Crippen LogP contribution in [-0.4, -0.2) is 40.8 Å². The van der Waals surface area contributed by atoms with E-state index in [1.165, 1.54) is 4.31 Å². The fourth-order valence-corrected chi connectivity index (χ4v) is 4.70. The summed E-state index contributed by atoms with van der Waals surface area (Å²) in [5.41, 5.74) is 0.999. The summed E-state index contributed by atoms with van der Waals surface area (Å²) < 4.78 is 52.0. The Kier molecular flexibility index (Phi) is 5.61. The second kappa shape index (κ2) is 7.12. The third-order valence-corrected chi connectivity index (χ3v) is 6.82. The Labute approximate surface area is 138 Å². The molecule has 2 rings (SSSR count). The van der Waals surface area contributed by atoms with Gasteiger partial charge in [0.25, 0.3) is 0 Å². The summed E-state index contributed by atoms with van der Waals surface area (Å²) in [5, 5.41) is 0.858. The molecule has 0 bridgehead atoms. The topological polar surface area (TPSA) is 83.6 Å². The van der Waals surface area contributed by atoms with Crippen LogP contribution in [0.3, 0.4) is 0 Å². The zero-order chi connectivity index (χ0) is 17.1. The average molecular weight is 358 g/mol. The van der Waals surface area contributed by atoms with Gasteiger partial charge in [-0.1, -0.05) is 24.3 Å². The molecule has 1 heterocycles. The molecule has 0 aromatic heterocycles. The third-order valence-electron chi connectivity index (χ3n) is 3.93. The normalized spacial score (nSPS) is 20.3. The van der Waals surface area contributed by atoms with E-state index in [1.807, 2.05) is 6.92 Å². The number of sulfonamides is 2. The van der Waals surface area contributed by atoms with Gasteiger partial charge in [-0.3, -0.25) is 0 Å². The molecule has 1 aliphatic rings. The van der Waals surface area contributed by atoms with E-state index in [-0.39, 0.29) is 17.4 Å². The lowest BCUT2D eigenvalue weighted by molar-refractivity contribution is 0.267. The maximum atomic E-state index is 12.7. The lowest BCUT2D eigenvalue weighted by Gasteiger charge is -2.31. The highest BCUT2D eigenvalue weighted by atomic mass is 32.2. The first-order valence-electron chi connectivity index (χ1n) is 7.43. The molecule has 0 unspecified atom stereocenters. The number of benzene rings is 1. The van der Waals surface area contributed by atoms with E-state index < -0.39 is 20.0 Å². The van der Waals surface area contributed by atoms with Gasteiger partial charge in [-0.15, -0.1) is 0 Å². The smallest absolute Gasteiger partial charge is 0.211 e. The summed E-state index contributed by atoms with van der Waals surface area (Å²) in [6, 6.07) is 6.75. The monoisotopic (exact) mass is 358 g/mol. The minimum absolute atomic E-state index is 0.0429. The van der Waals surface area contributed by atoms with Crippen molar-refractivity contribution < 1.29 is 16.8 Å². The average Bonchev–Trinajstić information content (AvgIpc) is 2.54. The van der Waals surface area contributed by atoms with Gasteiger partial charge < -0.3 is 0 Å². The van der Waals surface area contributed by atoms with Crippen LogP contribution in [0.15, 0.2) is 41.1 Å². The van der Waals surface area contributed by atoms with Gasteiger partial charge in [0.05, 0.1) is 4.90 Å². The van der Waals surface area contributed by atoms with Gasteiger partial charge in [0.2, 0.25) is 20.0 Å². The second-order valence-corrected chi connectivity index (χ2v) is 9.39. The Morgan fingerprint density at radius 2 is 1.91 bits per heavy atom. The Hall–Kier alpha value is -1.22. The number of aryl methyl sites for hydroxylation is 1. The minimum atomic E-state index is -3.54. The lowest BCUT2D eigenvalue weighted by Crippen LogP contribution is -2.43. The molecule has 1 N–H and O–H groups in total. The summed E-state index contributed by atoms with van der Waals surface area (Å²) in [4.78, 5) is 0.274. The molecule has 6 nitrogen and oxygen atoms in total. The van der Waals surface area contributed by atoms with E-state index in [9.17, 15) is 16.8 Å². The molecule has 128 valence electrons. The highest BCUT2D eigenvalue weighted by molar-refractivity contribution is 7.92. The fourth-order valence-electron chi connectivity index (χ4n) is 2.56. The first-order valence-corrected chi connectivity index (χ1v) is 10.4. The first-order chi connectivity index (χ1) is 10.7. The summed E-state index contributed by atoms with van der Waals surface area (Å²) in [6.45, 7) is 6.13. The molecular formula is C15H22N2O4S2. The third kappa shape index (κ3) is 4.63. The molecule has 23 heavy (non-hydrogen) atoms. The lowest BCUT2D eigenvalue weighted by atomic mass is 10.0.